The van der Waals surface area contributed by atoms with Crippen LogP contribution >= 0.6 is 31.3 Å². The van der Waals surface area contributed by atoms with Crippen molar-refractivity contribution < 1.29 is 72.5 Å². The second-order valence-electron chi connectivity index (χ2n) is 8.02. The molecule has 0 aromatic heterocycles. The van der Waals surface area contributed by atoms with Gasteiger partial charge in [0.25, 0.3) is 0 Å². The van der Waals surface area contributed by atoms with Crippen LogP contribution < -0.4 is 0 Å². The topological polar surface area (TPSA) is 179 Å². The zero-order valence-electron chi connectivity index (χ0n) is 27.1. The first-order valence-corrected chi connectivity index (χ1v) is 19.0. The van der Waals surface area contributed by atoms with E-state index in [4.69, 9.17) is 22.6 Å². The molecule has 0 aromatic rings. The molecule has 0 saturated heterocycles. The molecule has 1 rings (SSSR count). The van der Waals surface area contributed by atoms with Gasteiger partial charge in [0.2, 0.25) is 0 Å². The molecule has 0 aliphatic heterocycles. The summed E-state index contributed by atoms with van der Waals surface area (Å²) < 4.78 is 100. The van der Waals surface area contributed by atoms with E-state index in [-0.39, 0.29) is 12.2 Å². The average Bonchev–Trinajstić information content (AvgIpc) is 3.00. The third-order valence-corrected chi connectivity index (χ3v) is 10.6. The summed E-state index contributed by atoms with van der Waals surface area (Å²) in [5.74, 6) is 0. The van der Waals surface area contributed by atoms with E-state index in [0.29, 0.717) is 13.2 Å². The summed E-state index contributed by atoms with van der Waals surface area (Å²) in [7, 11) is -2.48. The normalized spacial score (nSPS) is 14.7. The van der Waals surface area contributed by atoms with Crippen molar-refractivity contribution in [1.82, 2.24) is 0 Å². The van der Waals surface area contributed by atoms with Crippen LogP contribution in [0, 0.1) is 0 Å². The van der Waals surface area contributed by atoms with Crippen LogP contribution in [0.4, 0.5) is 0 Å². The lowest BCUT2D eigenvalue weighted by Crippen LogP contribution is -2.16. The molecule has 0 radical (unpaired) electrons. The highest BCUT2D eigenvalue weighted by Crippen LogP contribution is 2.51. The van der Waals surface area contributed by atoms with E-state index >= 15 is 0 Å². The van der Waals surface area contributed by atoms with Gasteiger partial charge < -0.3 is 0 Å². The number of phosphoric ester groups is 4. The number of hydrogen-bond acceptors (Lipinski definition) is 16. The third kappa shape index (κ3) is 23.8. The number of rotatable bonds is 17. The Morgan fingerprint density at radius 2 is 0.952 bits per heavy atom. The van der Waals surface area contributed by atoms with Gasteiger partial charge in [-0.15, -0.1) is 0 Å². The van der Waals surface area contributed by atoms with Crippen LogP contribution in [0.3, 0.4) is 0 Å². The van der Waals surface area contributed by atoms with Gasteiger partial charge in [-0.25, -0.2) is 18.3 Å². The Hall–Kier alpha value is 0.440. The quantitative estimate of drug-likeness (QED) is 0.134. The molecule has 0 atom stereocenters. The molecule has 0 heterocycles. The van der Waals surface area contributed by atoms with Crippen LogP contribution in [0.15, 0.2) is 0 Å². The van der Waals surface area contributed by atoms with Crippen LogP contribution in [-0.2, 0) is 72.5 Å². The van der Waals surface area contributed by atoms with E-state index in [0.717, 1.165) is 32.1 Å². The minimum absolute atomic E-state index is 0.0412. The fraction of sp³-hybridized carbons (Fsp3) is 1.00. The standard InChI is InChI=1S/C8H17O4P.2C5H13O4P.C4H11O4P/c1-10-13(9,11-2)12-8-6-4-3-5-7-8;1-5(2)9-10(6,7-3)8-4;1-4-5-9-10(6,7-2)8-3;1-4-8-9(5,6-2)7-3/h8H,3-7H2,1-2H3;5H,1-4H3;4-5H2,1-3H3;4H2,1-3H3. The van der Waals surface area contributed by atoms with Gasteiger partial charge in [0.15, 0.2) is 0 Å². The summed E-state index contributed by atoms with van der Waals surface area (Å²) in [6.45, 7) is 7.84. The van der Waals surface area contributed by atoms with Crippen molar-refractivity contribution in [3.8, 4) is 0 Å². The van der Waals surface area contributed by atoms with Crippen LogP contribution in [0.5, 0.6) is 0 Å². The first-order valence-electron chi connectivity index (χ1n) is 13.1. The Morgan fingerprint density at radius 1 is 0.571 bits per heavy atom. The summed E-state index contributed by atoms with van der Waals surface area (Å²) in [6, 6.07) is 0. The maximum atomic E-state index is 11.6. The summed E-state index contributed by atoms with van der Waals surface area (Å²) >= 11 is 0. The lowest BCUT2D eigenvalue weighted by atomic mass is 9.98. The Morgan fingerprint density at radius 3 is 1.21 bits per heavy atom. The zero-order chi connectivity index (χ0) is 33.3. The molecule has 0 amide bonds. The van der Waals surface area contributed by atoms with E-state index in [1.165, 1.54) is 63.3 Å². The first kappa shape index (κ1) is 46.9. The fourth-order valence-electron chi connectivity index (χ4n) is 2.65. The maximum Gasteiger partial charge on any atom is 0.474 e. The Balaban J connectivity index is -0.000000489. The molecule has 0 N–H and O–H groups in total. The number of phosphoric acid groups is 4. The van der Waals surface area contributed by atoms with Crippen LogP contribution in [0.2, 0.25) is 0 Å². The molecule has 258 valence electrons. The molecular formula is C22H54O16P4. The summed E-state index contributed by atoms with van der Waals surface area (Å²) in [4.78, 5) is 0. The SMILES string of the molecule is CCCOP(=O)(OC)OC.CCOP(=O)(OC)OC.COP(=O)(OC)OC(C)C.COP(=O)(OC)OC1CCCCC1. The highest BCUT2D eigenvalue weighted by atomic mass is 31.2. The lowest BCUT2D eigenvalue weighted by molar-refractivity contribution is 0.0828. The Kier molecular flexibility index (Phi) is 29.7. The van der Waals surface area contributed by atoms with Crippen LogP contribution in [0.1, 0.15) is 66.2 Å². The molecule has 20 heteroatoms. The summed E-state index contributed by atoms with van der Waals surface area (Å²) in [6.07, 6.45) is 6.09. The monoisotopic (exact) mass is 698 g/mol. The number of hydrogen-bond donors (Lipinski definition) is 0. The van der Waals surface area contributed by atoms with Gasteiger partial charge in [-0.05, 0) is 40.0 Å². The molecule has 0 unspecified atom stereocenters. The molecule has 1 aliphatic rings. The molecule has 42 heavy (non-hydrogen) atoms. The molecule has 1 aliphatic carbocycles. The van der Waals surface area contributed by atoms with Gasteiger partial charge in [-0.1, -0.05) is 26.2 Å². The van der Waals surface area contributed by atoms with E-state index in [1.807, 2.05) is 6.92 Å². The smallest absolute Gasteiger partial charge is 0.290 e. The van der Waals surface area contributed by atoms with Crippen molar-refractivity contribution in [2.45, 2.75) is 78.4 Å². The van der Waals surface area contributed by atoms with Gasteiger partial charge in [-0.2, -0.15) is 0 Å². The van der Waals surface area contributed by atoms with Crippen LogP contribution in [0.25, 0.3) is 0 Å². The molecule has 1 fully saturated rings. The highest BCUT2D eigenvalue weighted by molar-refractivity contribution is 7.49. The second kappa shape index (κ2) is 26.6. The molecule has 0 bridgehead atoms. The zero-order valence-corrected chi connectivity index (χ0v) is 30.7. The largest absolute Gasteiger partial charge is 0.474 e. The van der Waals surface area contributed by atoms with Crippen molar-refractivity contribution in [2.75, 3.05) is 70.1 Å². The van der Waals surface area contributed by atoms with Gasteiger partial charge in [-0.3, -0.25) is 54.3 Å². The van der Waals surface area contributed by atoms with E-state index in [9.17, 15) is 18.3 Å². The summed E-state index contributed by atoms with van der Waals surface area (Å²) in [5.41, 5.74) is 0. The Bertz CT molecular complexity index is 790. The van der Waals surface area contributed by atoms with Gasteiger partial charge in [0.05, 0.1) is 25.4 Å². The van der Waals surface area contributed by atoms with Crippen molar-refractivity contribution in [3.05, 3.63) is 0 Å². The predicted octanol–water partition coefficient (Wildman–Crippen LogP) is 7.79. The highest BCUT2D eigenvalue weighted by Gasteiger charge is 2.29. The van der Waals surface area contributed by atoms with Gasteiger partial charge in [0.1, 0.15) is 0 Å². The summed E-state index contributed by atoms with van der Waals surface area (Å²) in [5, 5.41) is 0. The maximum absolute atomic E-state index is 11.6. The lowest BCUT2D eigenvalue weighted by Gasteiger charge is -2.24. The van der Waals surface area contributed by atoms with E-state index in [1.54, 1.807) is 20.8 Å². The van der Waals surface area contributed by atoms with Gasteiger partial charge in [0, 0.05) is 56.9 Å². The Labute approximate surface area is 252 Å². The first-order chi connectivity index (χ1) is 19.6. The fourth-order valence-corrected chi connectivity index (χ4v) is 5.83. The van der Waals surface area contributed by atoms with Crippen molar-refractivity contribution in [1.29, 1.82) is 0 Å². The van der Waals surface area contributed by atoms with E-state index < -0.39 is 31.3 Å². The molecule has 0 spiro atoms. The predicted molar refractivity (Wildman–Crippen MR) is 159 cm³/mol. The molecule has 16 nitrogen and oxygen atoms in total. The average molecular weight is 699 g/mol. The minimum atomic E-state index is -3.25. The van der Waals surface area contributed by atoms with Crippen LogP contribution in [-0.4, -0.2) is 82.3 Å². The third-order valence-electron chi connectivity index (χ3n) is 4.70. The minimum Gasteiger partial charge on any atom is -0.290 e. The van der Waals surface area contributed by atoms with Crippen molar-refractivity contribution in [3.63, 3.8) is 0 Å². The molecule has 0 aromatic carbocycles. The second-order valence-corrected chi connectivity index (χ2v) is 15.5. The molecular weight excluding hydrogens is 644 g/mol. The van der Waals surface area contributed by atoms with Gasteiger partial charge >= 0.3 is 31.3 Å². The van der Waals surface area contributed by atoms with Crippen molar-refractivity contribution in [2.24, 2.45) is 0 Å². The molecule has 1 saturated carbocycles. The van der Waals surface area contributed by atoms with E-state index in [2.05, 4.69) is 31.7 Å². The van der Waals surface area contributed by atoms with Crippen molar-refractivity contribution >= 4 is 31.3 Å².